The number of nitrogens with zero attached hydrogens (tertiary/aromatic N) is 3. The lowest BCUT2D eigenvalue weighted by Crippen LogP contribution is -2.07. The van der Waals surface area contributed by atoms with E-state index in [2.05, 4.69) is 10.3 Å². The molecule has 5 nitrogen and oxygen atoms in total. The highest BCUT2D eigenvalue weighted by Gasteiger charge is 2.20. The number of rotatable bonds is 4. The van der Waals surface area contributed by atoms with Gasteiger partial charge in [-0.2, -0.15) is 0 Å². The minimum atomic E-state index is -1.10. The number of aryl methyl sites for hydroxylation is 1. The van der Waals surface area contributed by atoms with Gasteiger partial charge in [-0.05, 0) is 31.0 Å². The maximum absolute atomic E-state index is 11.2. The molecule has 1 N–H and O–H groups in total. The zero-order chi connectivity index (χ0) is 14.9. The quantitative estimate of drug-likeness (QED) is 0.937. The van der Waals surface area contributed by atoms with Gasteiger partial charge < -0.3 is 5.11 Å². The van der Waals surface area contributed by atoms with Gasteiger partial charge in [0.1, 0.15) is 0 Å². The van der Waals surface area contributed by atoms with Crippen LogP contribution in [0.4, 0.5) is 0 Å². The molecule has 106 valence electrons. The van der Waals surface area contributed by atoms with Gasteiger partial charge >= 0.3 is 5.97 Å². The normalized spacial score (nSPS) is 10.8. The number of halogens is 2. The molecule has 2 aromatic rings. The Hall–Kier alpha value is -1.59. The summed E-state index contributed by atoms with van der Waals surface area (Å²) in [5, 5.41) is 17.8. The Kier molecular flexibility index (Phi) is 4.30. The van der Waals surface area contributed by atoms with Crippen molar-refractivity contribution in [2.24, 2.45) is 0 Å². The predicted molar refractivity (Wildman–Crippen MR) is 77.1 cm³/mol. The van der Waals surface area contributed by atoms with E-state index in [0.717, 1.165) is 12.0 Å². The maximum Gasteiger partial charge on any atom is 0.358 e. The fourth-order valence-electron chi connectivity index (χ4n) is 1.92. The lowest BCUT2D eigenvalue weighted by Gasteiger charge is -2.10. The molecule has 1 heterocycles. The van der Waals surface area contributed by atoms with E-state index in [4.69, 9.17) is 28.3 Å². The van der Waals surface area contributed by atoms with Crippen LogP contribution in [0.3, 0.4) is 0 Å². The van der Waals surface area contributed by atoms with Gasteiger partial charge in [0, 0.05) is 5.02 Å². The van der Waals surface area contributed by atoms with E-state index >= 15 is 0 Å². The van der Waals surface area contributed by atoms with Crippen LogP contribution in [0.15, 0.2) is 12.1 Å². The highest BCUT2D eigenvalue weighted by Crippen LogP contribution is 2.28. The van der Waals surface area contributed by atoms with Crippen LogP contribution < -0.4 is 0 Å². The lowest BCUT2D eigenvalue weighted by atomic mass is 10.2. The molecule has 0 unspecified atom stereocenters. The first-order chi connectivity index (χ1) is 9.45. The fourth-order valence-corrected chi connectivity index (χ4v) is 2.38. The molecule has 2 rings (SSSR count). The Morgan fingerprint density at radius 3 is 2.65 bits per heavy atom. The van der Waals surface area contributed by atoms with Gasteiger partial charge in [0.2, 0.25) is 0 Å². The predicted octanol–water partition coefficient (Wildman–Crippen LogP) is 3.53. The first-order valence-corrected chi connectivity index (χ1v) is 6.85. The molecular weight excluding hydrogens is 301 g/mol. The Bertz CT molecular complexity index is 668. The molecule has 0 fully saturated rings. The average Bonchev–Trinajstić information content (AvgIpc) is 2.78. The summed E-state index contributed by atoms with van der Waals surface area (Å²) >= 11 is 12.3. The van der Waals surface area contributed by atoms with Crippen molar-refractivity contribution in [1.29, 1.82) is 0 Å². The lowest BCUT2D eigenvalue weighted by molar-refractivity contribution is 0.0689. The number of hydrogen-bond acceptors (Lipinski definition) is 3. The second-order valence-electron chi connectivity index (χ2n) is 4.40. The number of aromatic carboxylic acids is 1. The van der Waals surface area contributed by atoms with Crippen LogP contribution in [0.1, 0.15) is 35.1 Å². The molecule has 0 amide bonds. The van der Waals surface area contributed by atoms with Crippen molar-refractivity contribution in [1.82, 2.24) is 15.0 Å². The molecule has 0 saturated carbocycles. The number of benzene rings is 1. The third-order valence-corrected chi connectivity index (χ3v) is 3.62. The number of carboxylic acid groups (broad SMARTS) is 1. The van der Waals surface area contributed by atoms with E-state index in [9.17, 15) is 4.79 Å². The number of hydrogen-bond donors (Lipinski definition) is 1. The molecule has 20 heavy (non-hydrogen) atoms. The maximum atomic E-state index is 11.2. The third-order valence-electron chi connectivity index (χ3n) is 2.91. The first kappa shape index (κ1) is 14.8. The molecule has 0 radical (unpaired) electrons. The van der Waals surface area contributed by atoms with Crippen molar-refractivity contribution in [3.8, 4) is 5.69 Å². The molecular formula is C13H13Cl2N3O2. The molecule has 0 aliphatic rings. The van der Waals surface area contributed by atoms with Gasteiger partial charge in [-0.3, -0.25) is 0 Å². The summed E-state index contributed by atoms with van der Waals surface area (Å²) in [6, 6.07) is 3.38. The Labute approximate surface area is 126 Å². The van der Waals surface area contributed by atoms with Crippen molar-refractivity contribution in [3.63, 3.8) is 0 Å². The second-order valence-corrected chi connectivity index (χ2v) is 5.22. The topological polar surface area (TPSA) is 68.0 Å². The summed E-state index contributed by atoms with van der Waals surface area (Å²) in [6.45, 7) is 3.79. The molecule has 0 aliphatic carbocycles. The molecule has 1 aromatic heterocycles. The van der Waals surface area contributed by atoms with Crippen LogP contribution in [0.5, 0.6) is 0 Å². The highest BCUT2D eigenvalue weighted by molar-refractivity contribution is 6.35. The largest absolute Gasteiger partial charge is 0.476 e. The van der Waals surface area contributed by atoms with Gasteiger partial charge in [-0.15, -0.1) is 5.10 Å². The summed E-state index contributed by atoms with van der Waals surface area (Å²) in [6.07, 6.45) is 1.31. The standard InChI is InChI=1S/C13H13Cl2N3O2/c1-3-4-10-12(13(19)20)16-17-18(10)11-6-8(14)7(2)5-9(11)15/h5-6H,3-4H2,1-2H3,(H,19,20). The third kappa shape index (κ3) is 2.64. The summed E-state index contributed by atoms with van der Waals surface area (Å²) in [7, 11) is 0. The van der Waals surface area contributed by atoms with E-state index in [1.807, 2.05) is 13.8 Å². The Morgan fingerprint density at radius 2 is 2.05 bits per heavy atom. The first-order valence-electron chi connectivity index (χ1n) is 6.09. The van der Waals surface area contributed by atoms with Crippen molar-refractivity contribution >= 4 is 29.2 Å². The van der Waals surface area contributed by atoms with Gasteiger partial charge in [0.25, 0.3) is 0 Å². The van der Waals surface area contributed by atoms with Gasteiger partial charge in [-0.25, -0.2) is 9.48 Å². The van der Waals surface area contributed by atoms with Gasteiger partial charge in [-0.1, -0.05) is 41.8 Å². The van der Waals surface area contributed by atoms with E-state index < -0.39 is 5.97 Å². The average molecular weight is 314 g/mol. The number of carbonyl (C=O) groups is 1. The molecule has 7 heteroatoms. The van der Waals surface area contributed by atoms with E-state index in [1.54, 1.807) is 12.1 Å². The summed E-state index contributed by atoms with van der Waals surface area (Å²) < 4.78 is 1.45. The van der Waals surface area contributed by atoms with Crippen LogP contribution in [-0.4, -0.2) is 26.1 Å². The second kappa shape index (κ2) is 5.81. The van der Waals surface area contributed by atoms with E-state index in [0.29, 0.717) is 27.8 Å². The monoisotopic (exact) mass is 313 g/mol. The molecule has 0 aliphatic heterocycles. The van der Waals surface area contributed by atoms with Gasteiger partial charge in [0.05, 0.1) is 16.4 Å². The summed E-state index contributed by atoms with van der Waals surface area (Å²) in [5.74, 6) is -1.10. The summed E-state index contributed by atoms with van der Waals surface area (Å²) in [5.41, 5.74) is 1.84. The van der Waals surface area contributed by atoms with Crippen molar-refractivity contribution in [2.45, 2.75) is 26.7 Å². The number of carboxylic acids is 1. The zero-order valence-corrected chi connectivity index (χ0v) is 12.5. The molecule has 0 atom stereocenters. The van der Waals surface area contributed by atoms with Crippen LogP contribution in [0.2, 0.25) is 10.0 Å². The van der Waals surface area contributed by atoms with Crippen LogP contribution >= 0.6 is 23.2 Å². The zero-order valence-electron chi connectivity index (χ0n) is 11.0. The minimum Gasteiger partial charge on any atom is -0.476 e. The fraction of sp³-hybridized carbons (Fsp3) is 0.308. The molecule has 0 saturated heterocycles. The smallest absolute Gasteiger partial charge is 0.358 e. The molecule has 1 aromatic carbocycles. The van der Waals surface area contributed by atoms with Crippen LogP contribution in [-0.2, 0) is 6.42 Å². The molecule has 0 bridgehead atoms. The SMILES string of the molecule is CCCc1c(C(=O)O)nnn1-c1cc(Cl)c(C)cc1Cl. The minimum absolute atomic E-state index is 0.0559. The Morgan fingerprint density at radius 1 is 1.35 bits per heavy atom. The van der Waals surface area contributed by atoms with Crippen molar-refractivity contribution < 1.29 is 9.90 Å². The van der Waals surface area contributed by atoms with Gasteiger partial charge in [0.15, 0.2) is 5.69 Å². The van der Waals surface area contributed by atoms with E-state index in [1.165, 1.54) is 4.68 Å². The van der Waals surface area contributed by atoms with Crippen molar-refractivity contribution in [3.05, 3.63) is 39.1 Å². The number of aromatic nitrogens is 3. The van der Waals surface area contributed by atoms with Crippen molar-refractivity contribution in [2.75, 3.05) is 0 Å². The highest BCUT2D eigenvalue weighted by atomic mass is 35.5. The van der Waals surface area contributed by atoms with E-state index in [-0.39, 0.29) is 5.69 Å². The summed E-state index contributed by atoms with van der Waals surface area (Å²) in [4.78, 5) is 11.2. The van der Waals surface area contributed by atoms with Crippen LogP contribution in [0, 0.1) is 6.92 Å². The Balaban J connectivity index is 2.63. The molecule has 0 spiro atoms. The van der Waals surface area contributed by atoms with Crippen LogP contribution in [0.25, 0.3) is 5.69 Å².